The molecule has 0 aromatic heterocycles. The van der Waals surface area contributed by atoms with Crippen LogP contribution in [0, 0.1) is 13.8 Å². The van der Waals surface area contributed by atoms with Gasteiger partial charge in [0, 0.05) is 12.2 Å². The van der Waals surface area contributed by atoms with Crippen molar-refractivity contribution in [2.75, 3.05) is 5.32 Å². The maximum absolute atomic E-state index is 10.9. The molecule has 2 rings (SSSR count). The van der Waals surface area contributed by atoms with Gasteiger partial charge in [0.15, 0.2) is 0 Å². The van der Waals surface area contributed by atoms with Crippen molar-refractivity contribution in [2.45, 2.75) is 25.3 Å². The normalized spacial score (nSPS) is 11.3. The summed E-state index contributed by atoms with van der Waals surface area (Å²) in [5, 5.41) is 3.23. The number of aryl methyl sites for hydroxylation is 2. The maximum Gasteiger partial charge on any atom is 0.294 e. The van der Waals surface area contributed by atoms with Crippen LogP contribution in [0.15, 0.2) is 47.4 Å². The highest BCUT2D eigenvalue weighted by atomic mass is 32.2. The summed E-state index contributed by atoms with van der Waals surface area (Å²) < 4.78 is 30.8. The number of hydrogen-bond donors (Lipinski definition) is 2. The number of benzene rings is 2. The Morgan fingerprint density at radius 3 is 2.30 bits per heavy atom. The van der Waals surface area contributed by atoms with Crippen LogP contribution in [0.2, 0.25) is 0 Å². The SMILES string of the molecule is Cc1ccc(C)c(CNc2ccc(S(=O)(=O)O)cc2)c1. The van der Waals surface area contributed by atoms with Crippen LogP contribution in [-0.4, -0.2) is 13.0 Å². The van der Waals surface area contributed by atoms with Gasteiger partial charge in [-0.2, -0.15) is 8.42 Å². The van der Waals surface area contributed by atoms with E-state index in [2.05, 4.69) is 30.4 Å². The first-order valence-electron chi connectivity index (χ1n) is 6.24. The van der Waals surface area contributed by atoms with Gasteiger partial charge in [-0.25, -0.2) is 0 Å². The molecule has 0 unspecified atom stereocenters. The molecule has 0 aliphatic carbocycles. The van der Waals surface area contributed by atoms with Gasteiger partial charge in [0.2, 0.25) is 0 Å². The smallest absolute Gasteiger partial charge is 0.294 e. The molecule has 0 saturated heterocycles. The van der Waals surface area contributed by atoms with E-state index in [0.29, 0.717) is 6.54 Å². The Hall–Kier alpha value is -1.85. The monoisotopic (exact) mass is 291 g/mol. The summed E-state index contributed by atoms with van der Waals surface area (Å²) in [6.07, 6.45) is 0. The van der Waals surface area contributed by atoms with E-state index in [4.69, 9.17) is 4.55 Å². The van der Waals surface area contributed by atoms with Crippen LogP contribution < -0.4 is 5.32 Å². The first-order valence-corrected chi connectivity index (χ1v) is 7.68. The lowest BCUT2D eigenvalue weighted by atomic mass is 10.1. The zero-order valence-electron chi connectivity index (χ0n) is 11.4. The van der Waals surface area contributed by atoms with E-state index in [1.165, 1.54) is 28.8 Å². The average Bonchev–Trinajstić information content (AvgIpc) is 2.39. The topological polar surface area (TPSA) is 66.4 Å². The van der Waals surface area contributed by atoms with Crippen LogP contribution in [-0.2, 0) is 16.7 Å². The van der Waals surface area contributed by atoms with Gasteiger partial charge in [0.25, 0.3) is 10.1 Å². The molecule has 0 aliphatic heterocycles. The zero-order valence-corrected chi connectivity index (χ0v) is 12.2. The Balaban J connectivity index is 2.10. The molecule has 0 spiro atoms. The van der Waals surface area contributed by atoms with E-state index < -0.39 is 10.1 Å². The average molecular weight is 291 g/mol. The molecule has 0 radical (unpaired) electrons. The molecule has 2 aromatic carbocycles. The van der Waals surface area contributed by atoms with Gasteiger partial charge in [-0.3, -0.25) is 4.55 Å². The van der Waals surface area contributed by atoms with Gasteiger partial charge < -0.3 is 5.32 Å². The van der Waals surface area contributed by atoms with Gasteiger partial charge in [0.05, 0.1) is 4.90 Å². The molecule has 0 atom stereocenters. The Morgan fingerprint density at radius 1 is 1.05 bits per heavy atom. The standard InChI is InChI=1S/C15H17NO3S/c1-11-3-4-12(2)13(9-11)10-16-14-5-7-15(8-6-14)20(17,18)19/h3-9,16H,10H2,1-2H3,(H,17,18,19). The van der Waals surface area contributed by atoms with Gasteiger partial charge >= 0.3 is 0 Å². The van der Waals surface area contributed by atoms with Crippen LogP contribution in [0.4, 0.5) is 5.69 Å². The summed E-state index contributed by atoms with van der Waals surface area (Å²) in [7, 11) is -4.13. The predicted octanol–water partition coefficient (Wildman–Crippen LogP) is 3.16. The van der Waals surface area contributed by atoms with Crippen molar-refractivity contribution in [3.05, 3.63) is 59.2 Å². The molecule has 2 N–H and O–H groups in total. The third-order valence-electron chi connectivity index (χ3n) is 3.14. The Morgan fingerprint density at radius 2 is 1.70 bits per heavy atom. The predicted molar refractivity (Wildman–Crippen MR) is 79.5 cm³/mol. The highest BCUT2D eigenvalue weighted by molar-refractivity contribution is 7.85. The Labute approximate surface area is 119 Å². The van der Waals surface area contributed by atoms with Crippen molar-refractivity contribution in [2.24, 2.45) is 0 Å². The number of hydrogen-bond acceptors (Lipinski definition) is 3. The minimum atomic E-state index is -4.13. The summed E-state index contributed by atoms with van der Waals surface area (Å²) >= 11 is 0. The van der Waals surface area contributed by atoms with Crippen molar-refractivity contribution in [1.29, 1.82) is 0 Å². The van der Waals surface area contributed by atoms with E-state index in [0.717, 1.165) is 5.69 Å². The lowest BCUT2D eigenvalue weighted by Gasteiger charge is -2.10. The van der Waals surface area contributed by atoms with Crippen LogP contribution in [0.5, 0.6) is 0 Å². The minimum absolute atomic E-state index is 0.102. The van der Waals surface area contributed by atoms with Crippen LogP contribution in [0.25, 0.3) is 0 Å². The molecule has 20 heavy (non-hydrogen) atoms. The summed E-state index contributed by atoms with van der Waals surface area (Å²) in [4.78, 5) is -0.102. The molecule has 0 amide bonds. The molecular weight excluding hydrogens is 274 g/mol. The highest BCUT2D eigenvalue weighted by Crippen LogP contribution is 2.16. The first kappa shape index (κ1) is 14.6. The van der Waals surface area contributed by atoms with Crippen LogP contribution >= 0.6 is 0 Å². The second kappa shape index (κ2) is 5.64. The van der Waals surface area contributed by atoms with Gasteiger partial charge in [-0.15, -0.1) is 0 Å². The van der Waals surface area contributed by atoms with Gasteiger partial charge in [0.1, 0.15) is 0 Å². The van der Waals surface area contributed by atoms with Crippen molar-refractivity contribution in [1.82, 2.24) is 0 Å². The lowest BCUT2D eigenvalue weighted by Crippen LogP contribution is -2.02. The summed E-state index contributed by atoms with van der Waals surface area (Å²) in [5.41, 5.74) is 4.41. The van der Waals surface area contributed by atoms with Crippen molar-refractivity contribution in [3.63, 3.8) is 0 Å². The van der Waals surface area contributed by atoms with E-state index in [1.807, 2.05) is 6.92 Å². The van der Waals surface area contributed by atoms with Gasteiger partial charge in [-0.05, 0) is 49.2 Å². The van der Waals surface area contributed by atoms with Crippen molar-refractivity contribution >= 4 is 15.8 Å². The minimum Gasteiger partial charge on any atom is -0.381 e. The Bertz CT molecular complexity index is 706. The first-order chi connectivity index (χ1) is 9.36. The Kier molecular flexibility index (Phi) is 4.11. The number of anilines is 1. The fourth-order valence-electron chi connectivity index (χ4n) is 1.93. The molecule has 2 aromatic rings. The van der Waals surface area contributed by atoms with Gasteiger partial charge in [-0.1, -0.05) is 23.8 Å². The van der Waals surface area contributed by atoms with Crippen LogP contribution in [0.1, 0.15) is 16.7 Å². The largest absolute Gasteiger partial charge is 0.381 e. The van der Waals surface area contributed by atoms with E-state index in [9.17, 15) is 8.42 Å². The molecular formula is C15H17NO3S. The molecule has 0 bridgehead atoms. The third-order valence-corrected chi connectivity index (χ3v) is 4.01. The molecule has 5 heteroatoms. The summed E-state index contributed by atoms with van der Waals surface area (Å²) in [6, 6.07) is 12.3. The number of nitrogens with one attached hydrogen (secondary N) is 1. The zero-order chi connectivity index (χ0) is 14.8. The molecule has 0 aliphatic rings. The fourth-order valence-corrected chi connectivity index (χ4v) is 2.41. The van der Waals surface area contributed by atoms with E-state index in [1.54, 1.807) is 12.1 Å². The fraction of sp³-hybridized carbons (Fsp3) is 0.200. The van der Waals surface area contributed by atoms with E-state index in [-0.39, 0.29) is 4.90 Å². The molecule has 0 heterocycles. The molecule has 0 fully saturated rings. The summed E-state index contributed by atoms with van der Waals surface area (Å²) in [6.45, 7) is 4.76. The van der Waals surface area contributed by atoms with Crippen molar-refractivity contribution in [3.8, 4) is 0 Å². The second-order valence-corrected chi connectivity index (χ2v) is 6.20. The van der Waals surface area contributed by atoms with Crippen molar-refractivity contribution < 1.29 is 13.0 Å². The molecule has 0 saturated carbocycles. The second-order valence-electron chi connectivity index (χ2n) is 4.78. The van der Waals surface area contributed by atoms with E-state index >= 15 is 0 Å². The molecule has 4 nitrogen and oxygen atoms in total. The molecule has 106 valence electrons. The maximum atomic E-state index is 10.9. The quantitative estimate of drug-likeness (QED) is 0.849. The third kappa shape index (κ3) is 3.59. The highest BCUT2D eigenvalue weighted by Gasteiger charge is 2.08. The summed E-state index contributed by atoms with van der Waals surface area (Å²) in [5.74, 6) is 0. The van der Waals surface area contributed by atoms with Crippen LogP contribution in [0.3, 0.4) is 0 Å². The lowest BCUT2D eigenvalue weighted by molar-refractivity contribution is 0.483. The number of rotatable bonds is 4.